The predicted octanol–water partition coefficient (Wildman–Crippen LogP) is 6.27. The van der Waals surface area contributed by atoms with Crippen molar-refractivity contribution in [1.82, 2.24) is 9.97 Å². The SMILES string of the molecule is COc1ccc2ncsc2c1.c1ccc(-c2ccc3scnc3c2)cc1. The van der Waals surface area contributed by atoms with Gasteiger partial charge in [-0.25, -0.2) is 9.97 Å². The van der Waals surface area contributed by atoms with Crippen molar-refractivity contribution in [3.63, 3.8) is 0 Å². The third kappa shape index (κ3) is 3.59. The third-order valence-electron chi connectivity index (χ3n) is 3.98. The second kappa shape index (κ2) is 7.64. The summed E-state index contributed by atoms with van der Waals surface area (Å²) in [4.78, 5) is 8.48. The lowest BCUT2D eigenvalue weighted by Gasteiger charge is -2.00. The molecule has 3 nitrogen and oxygen atoms in total. The van der Waals surface area contributed by atoms with Crippen molar-refractivity contribution in [2.24, 2.45) is 0 Å². The van der Waals surface area contributed by atoms with Gasteiger partial charge in [-0.1, -0.05) is 36.4 Å². The van der Waals surface area contributed by atoms with Gasteiger partial charge in [-0.3, -0.25) is 0 Å². The van der Waals surface area contributed by atoms with Gasteiger partial charge in [-0.15, -0.1) is 22.7 Å². The highest BCUT2D eigenvalue weighted by atomic mass is 32.1. The molecule has 5 rings (SSSR count). The van der Waals surface area contributed by atoms with Crippen LogP contribution in [-0.2, 0) is 0 Å². The largest absolute Gasteiger partial charge is 0.497 e. The van der Waals surface area contributed by atoms with E-state index in [4.69, 9.17) is 4.74 Å². The van der Waals surface area contributed by atoms with E-state index in [0.29, 0.717) is 0 Å². The van der Waals surface area contributed by atoms with Gasteiger partial charge in [-0.05, 0) is 41.5 Å². The molecule has 128 valence electrons. The monoisotopic (exact) mass is 376 g/mol. The number of hydrogen-bond donors (Lipinski definition) is 0. The summed E-state index contributed by atoms with van der Waals surface area (Å²) in [6, 6.07) is 22.7. The average Bonchev–Trinajstić information content (AvgIpc) is 3.37. The second-order valence-corrected chi connectivity index (χ2v) is 7.36. The van der Waals surface area contributed by atoms with Crippen molar-refractivity contribution in [1.29, 1.82) is 0 Å². The average molecular weight is 377 g/mol. The van der Waals surface area contributed by atoms with E-state index in [1.807, 2.05) is 35.3 Å². The first kappa shape index (κ1) is 16.7. The molecule has 5 aromatic rings. The molecule has 0 unspecified atom stereocenters. The number of thiazole rings is 2. The molecule has 0 saturated heterocycles. The summed E-state index contributed by atoms with van der Waals surface area (Å²) in [5, 5.41) is 0. The van der Waals surface area contributed by atoms with Crippen molar-refractivity contribution in [2.75, 3.05) is 7.11 Å². The number of methoxy groups -OCH3 is 1. The maximum atomic E-state index is 5.07. The first-order chi connectivity index (χ1) is 12.8. The lowest BCUT2D eigenvalue weighted by Crippen LogP contribution is -1.80. The summed E-state index contributed by atoms with van der Waals surface area (Å²) in [7, 11) is 1.67. The third-order valence-corrected chi connectivity index (χ3v) is 5.58. The molecule has 0 aliphatic carbocycles. The van der Waals surface area contributed by atoms with E-state index in [-0.39, 0.29) is 0 Å². The highest BCUT2D eigenvalue weighted by Gasteiger charge is 2.00. The number of rotatable bonds is 2. The van der Waals surface area contributed by atoms with Crippen LogP contribution < -0.4 is 4.74 Å². The van der Waals surface area contributed by atoms with E-state index in [0.717, 1.165) is 16.8 Å². The standard InChI is InChI=1S/C13H9NS.C8H7NOS/c1-2-4-10(5-3-1)11-6-7-13-12(8-11)14-9-15-13;1-10-6-2-3-7-8(4-6)11-5-9-7/h1-9H;2-5H,1H3. The number of ether oxygens (including phenoxy) is 1. The predicted molar refractivity (Wildman–Crippen MR) is 111 cm³/mol. The topological polar surface area (TPSA) is 35.0 Å². The zero-order chi connectivity index (χ0) is 17.8. The number of aromatic nitrogens is 2. The van der Waals surface area contributed by atoms with E-state index in [9.17, 15) is 0 Å². The van der Waals surface area contributed by atoms with E-state index >= 15 is 0 Å². The Bertz CT molecular complexity index is 1130. The minimum absolute atomic E-state index is 0.891. The summed E-state index contributed by atoms with van der Waals surface area (Å²) in [6.45, 7) is 0. The molecule has 0 spiro atoms. The summed E-state index contributed by atoms with van der Waals surface area (Å²) in [5.74, 6) is 0.891. The maximum Gasteiger partial charge on any atom is 0.120 e. The molecule has 0 N–H and O–H groups in total. The van der Waals surface area contributed by atoms with Gasteiger partial charge in [0.25, 0.3) is 0 Å². The molecular weight excluding hydrogens is 360 g/mol. The number of hydrogen-bond acceptors (Lipinski definition) is 5. The number of fused-ring (bicyclic) bond motifs is 2. The molecule has 0 radical (unpaired) electrons. The second-order valence-electron chi connectivity index (χ2n) is 5.59. The van der Waals surface area contributed by atoms with Gasteiger partial charge in [0, 0.05) is 0 Å². The number of nitrogens with zero attached hydrogens (tertiary/aromatic N) is 2. The number of benzene rings is 3. The highest BCUT2D eigenvalue weighted by molar-refractivity contribution is 7.17. The summed E-state index contributed by atoms with van der Waals surface area (Å²) < 4.78 is 7.49. The van der Waals surface area contributed by atoms with Crippen LogP contribution in [0, 0.1) is 0 Å². The Morgan fingerprint density at radius 2 is 1.46 bits per heavy atom. The molecule has 0 aliphatic rings. The summed E-state index contributed by atoms with van der Waals surface area (Å²) in [6.07, 6.45) is 0. The first-order valence-corrected chi connectivity index (χ1v) is 9.85. The van der Waals surface area contributed by atoms with Crippen LogP contribution in [0.5, 0.6) is 5.75 Å². The molecule has 0 amide bonds. The van der Waals surface area contributed by atoms with Gasteiger partial charge in [0.2, 0.25) is 0 Å². The van der Waals surface area contributed by atoms with Gasteiger partial charge in [-0.2, -0.15) is 0 Å². The van der Waals surface area contributed by atoms with Gasteiger partial charge >= 0.3 is 0 Å². The summed E-state index contributed by atoms with van der Waals surface area (Å²) in [5.41, 5.74) is 8.32. The van der Waals surface area contributed by atoms with Crippen molar-refractivity contribution >= 4 is 43.1 Å². The molecule has 3 aromatic carbocycles. The minimum atomic E-state index is 0.891. The Balaban J connectivity index is 0.000000136. The Kier molecular flexibility index (Phi) is 4.91. The Labute approximate surface area is 159 Å². The molecular formula is C21H16N2OS2. The molecule has 0 atom stereocenters. The van der Waals surface area contributed by atoms with Crippen molar-refractivity contribution in [2.45, 2.75) is 0 Å². The van der Waals surface area contributed by atoms with E-state index in [1.165, 1.54) is 20.5 Å². The maximum absolute atomic E-state index is 5.07. The summed E-state index contributed by atoms with van der Waals surface area (Å²) >= 11 is 3.31. The van der Waals surface area contributed by atoms with Crippen LogP contribution in [0.1, 0.15) is 0 Å². The van der Waals surface area contributed by atoms with Crippen molar-refractivity contribution < 1.29 is 4.74 Å². The van der Waals surface area contributed by atoms with E-state index < -0.39 is 0 Å². The van der Waals surface area contributed by atoms with Crippen LogP contribution in [0.4, 0.5) is 0 Å². The van der Waals surface area contributed by atoms with Crippen LogP contribution in [0.2, 0.25) is 0 Å². The van der Waals surface area contributed by atoms with E-state index in [1.54, 1.807) is 29.8 Å². The zero-order valence-electron chi connectivity index (χ0n) is 14.1. The molecule has 26 heavy (non-hydrogen) atoms. The van der Waals surface area contributed by atoms with Crippen molar-refractivity contribution in [3.8, 4) is 16.9 Å². The Hall–Kier alpha value is -2.76. The Morgan fingerprint density at radius 3 is 2.27 bits per heavy atom. The van der Waals surface area contributed by atoms with E-state index in [2.05, 4.69) is 52.4 Å². The zero-order valence-corrected chi connectivity index (χ0v) is 15.8. The molecule has 2 heterocycles. The van der Waals surface area contributed by atoms with Crippen LogP contribution in [0.15, 0.2) is 77.8 Å². The minimum Gasteiger partial charge on any atom is -0.497 e. The lowest BCUT2D eigenvalue weighted by molar-refractivity contribution is 0.415. The van der Waals surface area contributed by atoms with Gasteiger partial charge in [0.1, 0.15) is 5.75 Å². The molecule has 2 aromatic heterocycles. The fourth-order valence-electron chi connectivity index (χ4n) is 2.63. The highest BCUT2D eigenvalue weighted by Crippen LogP contribution is 2.25. The molecule has 5 heteroatoms. The fourth-order valence-corrected chi connectivity index (χ4v) is 3.99. The Morgan fingerprint density at radius 1 is 0.692 bits per heavy atom. The van der Waals surface area contributed by atoms with Crippen LogP contribution in [0.25, 0.3) is 31.6 Å². The first-order valence-electron chi connectivity index (χ1n) is 8.09. The quantitative estimate of drug-likeness (QED) is 0.364. The molecule has 0 bridgehead atoms. The van der Waals surface area contributed by atoms with Crippen LogP contribution in [0.3, 0.4) is 0 Å². The van der Waals surface area contributed by atoms with Gasteiger partial charge in [0.15, 0.2) is 0 Å². The normalized spacial score (nSPS) is 10.5. The van der Waals surface area contributed by atoms with Crippen LogP contribution in [-0.4, -0.2) is 17.1 Å². The van der Waals surface area contributed by atoms with Crippen molar-refractivity contribution in [3.05, 3.63) is 77.8 Å². The fraction of sp³-hybridized carbons (Fsp3) is 0.0476. The molecule has 0 saturated carbocycles. The van der Waals surface area contributed by atoms with Crippen LogP contribution >= 0.6 is 22.7 Å². The van der Waals surface area contributed by atoms with Gasteiger partial charge < -0.3 is 4.74 Å². The molecule has 0 fully saturated rings. The molecule has 0 aliphatic heterocycles. The lowest BCUT2D eigenvalue weighted by atomic mass is 10.1. The van der Waals surface area contributed by atoms with Gasteiger partial charge in [0.05, 0.1) is 38.6 Å². The smallest absolute Gasteiger partial charge is 0.120 e.